The number of hydrogen-bond donors (Lipinski definition) is 1. The summed E-state index contributed by atoms with van der Waals surface area (Å²) in [5.74, 6) is 1.85. The third-order valence-electron chi connectivity index (χ3n) is 4.26. The van der Waals surface area contributed by atoms with Crippen molar-refractivity contribution in [1.82, 2.24) is 10.5 Å². The van der Waals surface area contributed by atoms with Crippen molar-refractivity contribution in [1.29, 1.82) is 0 Å². The van der Waals surface area contributed by atoms with Gasteiger partial charge in [0.15, 0.2) is 0 Å². The first-order valence-electron chi connectivity index (χ1n) is 7.26. The second-order valence-corrected chi connectivity index (χ2v) is 5.94. The van der Waals surface area contributed by atoms with Gasteiger partial charge in [-0.3, -0.25) is 0 Å². The van der Waals surface area contributed by atoms with E-state index in [0.29, 0.717) is 12.1 Å². The average molecular weight is 250 g/mol. The highest BCUT2D eigenvalue weighted by Gasteiger charge is 2.21. The van der Waals surface area contributed by atoms with Gasteiger partial charge >= 0.3 is 0 Å². The minimum absolute atomic E-state index is 0.342. The quantitative estimate of drug-likeness (QED) is 0.826. The van der Waals surface area contributed by atoms with E-state index in [9.17, 15) is 0 Å². The molecule has 102 valence electrons. The van der Waals surface area contributed by atoms with Gasteiger partial charge in [-0.15, -0.1) is 0 Å². The molecule has 0 amide bonds. The van der Waals surface area contributed by atoms with E-state index >= 15 is 0 Å². The fourth-order valence-electron chi connectivity index (χ4n) is 3.20. The lowest BCUT2D eigenvalue weighted by Crippen LogP contribution is -2.31. The van der Waals surface area contributed by atoms with Crippen molar-refractivity contribution in [3.05, 3.63) is 17.0 Å². The number of hydrogen-bond acceptors (Lipinski definition) is 3. The van der Waals surface area contributed by atoms with Gasteiger partial charge in [-0.2, -0.15) is 0 Å². The molecule has 0 saturated heterocycles. The van der Waals surface area contributed by atoms with Gasteiger partial charge in [-0.1, -0.05) is 24.9 Å². The Morgan fingerprint density at radius 3 is 2.67 bits per heavy atom. The second kappa shape index (κ2) is 5.87. The van der Waals surface area contributed by atoms with Crippen molar-refractivity contribution in [3.8, 4) is 0 Å². The molecule has 1 aliphatic rings. The van der Waals surface area contributed by atoms with Crippen molar-refractivity contribution in [2.75, 3.05) is 0 Å². The minimum atomic E-state index is 0.342. The van der Waals surface area contributed by atoms with Crippen LogP contribution >= 0.6 is 0 Å². The molecular formula is C15H26N2O. The van der Waals surface area contributed by atoms with Gasteiger partial charge in [-0.05, 0) is 46.0 Å². The number of rotatable bonds is 3. The molecule has 0 aromatic carbocycles. The fourth-order valence-corrected chi connectivity index (χ4v) is 3.20. The van der Waals surface area contributed by atoms with Crippen molar-refractivity contribution < 1.29 is 4.52 Å². The van der Waals surface area contributed by atoms with Crippen LogP contribution in [0.5, 0.6) is 0 Å². The van der Waals surface area contributed by atoms with Gasteiger partial charge in [0.2, 0.25) is 0 Å². The van der Waals surface area contributed by atoms with E-state index in [2.05, 4.69) is 24.3 Å². The van der Waals surface area contributed by atoms with Gasteiger partial charge in [-0.25, -0.2) is 0 Å². The molecule has 0 bridgehead atoms. The summed E-state index contributed by atoms with van der Waals surface area (Å²) in [5.41, 5.74) is 2.27. The molecule has 1 aromatic heterocycles. The van der Waals surface area contributed by atoms with E-state index in [-0.39, 0.29) is 0 Å². The zero-order chi connectivity index (χ0) is 13.1. The SMILES string of the molecule is Cc1noc(C)c1C(C)NC1CCCC(C)CC1. The normalized spacial score (nSPS) is 26.9. The van der Waals surface area contributed by atoms with Crippen LogP contribution in [-0.4, -0.2) is 11.2 Å². The maximum atomic E-state index is 5.26. The molecule has 3 unspecified atom stereocenters. The minimum Gasteiger partial charge on any atom is -0.361 e. The smallest absolute Gasteiger partial charge is 0.138 e. The van der Waals surface area contributed by atoms with Crippen LogP contribution in [-0.2, 0) is 0 Å². The number of nitrogens with one attached hydrogen (secondary N) is 1. The Bertz CT molecular complexity index is 366. The number of aromatic nitrogens is 1. The Kier molecular flexibility index (Phi) is 4.44. The Labute approximate surface area is 110 Å². The van der Waals surface area contributed by atoms with Gasteiger partial charge in [0.05, 0.1) is 5.69 Å². The summed E-state index contributed by atoms with van der Waals surface area (Å²) >= 11 is 0. The van der Waals surface area contributed by atoms with Crippen LogP contribution < -0.4 is 5.32 Å². The lowest BCUT2D eigenvalue weighted by Gasteiger charge is -2.22. The first-order chi connectivity index (χ1) is 8.58. The number of nitrogens with zero attached hydrogens (tertiary/aromatic N) is 1. The Hall–Kier alpha value is -0.830. The Morgan fingerprint density at radius 1 is 1.22 bits per heavy atom. The molecule has 18 heavy (non-hydrogen) atoms. The molecule has 1 aromatic rings. The van der Waals surface area contributed by atoms with Crippen LogP contribution in [0.15, 0.2) is 4.52 Å². The molecule has 1 N–H and O–H groups in total. The maximum absolute atomic E-state index is 5.26. The fraction of sp³-hybridized carbons (Fsp3) is 0.800. The highest BCUT2D eigenvalue weighted by molar-refractivity contribution is 5.24. The molecule has 0 aliphatic heterocycles. The van der Waals surface area contributed by atoms with Crippen molar-refractivity contribution in [3.63, 3.8) is 0 Å². The molecule has 0 spiro atoms. The first-order valence-corrected chi connectivity index (χ1v) is 7.26. The van der Waals surface area contributed by atoms with Crippen molar-refractivity contribution >= 4 is 0 Å². The monoisotopic (exact) mass is 250 g/mol. The van der Waals surface area contributed by atoms with Gasteiger partial charge in [0.25, 0.3) is 0 Å². The van der Waals surface area contributed by atoms with E-state index in [1.165, 1.54) is 37.7 Å². The van der Waals surface area contributed by atoms with Crippen LogP contribution in [0.1, 0.15) is 69.0 Å². The molecule has 3 atom stereocenters. The summed E-state index contributed by atoms with van der Waals surface area (Å²) in [4.78, 5) is 0. The molecule has 1 aliphatic carbocycles. The molecular weight excluding hydrogens is 224 g/mol. The van der Waals surface area contributed by atoms with E-state index in [1.54, 1.807) is 0 Å². The van der Waals surface area contributed by atoms with Crippen LogP contribution in [0.2, 0.25) is 0 Å². The highest BCUT2D eigenvalue weighted by atomic mass is 16.5. The Balaban J connectivity index is 1.96. The van der Waals surface area contributed by atoms with E-state index in [4.69, 9.17) is 4.52 Å². The largest absolute Gasteiger partial charge is 0.361 e. The summed E-state index contributed by atoms with van der Waals surface area (Å²) in [5, 5.41) is 7.81. The van der Waals surface area contributed by atoms with Gasteiger partial charge < -0.3 is 9.84 Å². The summed E-state index contributed by atoms with van der Waals surface area (Å²) in [7, 11) is 0. The van der Waals surface area contributed by atoms with Gasteiger partial charge in [0.1, 0.15) is 5.76 Å². The van der Waals surface area contributed by atoms with Crippen LogP contribution in [0.25, 0.3) is 0 Å². The third kappa shape index (κ3) is 3.14. The second-order valence-electron chi connectivity index (χ2n) is 5.94. The van der Waals surface area contributed by atoms with Crippen molar-refractivity contribution in [2.24, 2.45) is 5.92 Å². The molecule has 2 rings (SSSR count). The Morgan fingerprint density at radius 2 is 2.00 bits per heavy atom. The zero-order valence-electron chi connectivity index (χ0n) is 12.1. The summed E-state index contributed by atoms with van der Waals surface area (Å²) < 4.78 is 5.26. The highest BCUT2D eigenvalue weighted by Crippen LogP contribution is 2.26. The predicted octanol–water partition coefficient (Wildman–Crippen LogP) is 3.91. The van der Waals surface area contributed by atoms with Crippen LogP contribution in [0, 0.1) is 19.8 Å². The molecule has 3 heteroatoms. The van der Waals surface area contributed by atoms with Crippen LogP contribution in [0.4, 0.5) is 0 Å². The van der Waals surface area contributed by atoms with E-state index < -0.39 is 0 Å². The maximum Gasteiger partial charge on any atom is 0.138 e. The third-order valence-corrected chi connectivity index (χ3v) is 4.26. The van der Waals surface area contributed by atoms with E-state index in [1.807, 2.05) is 13.8 Å². The lowest BCUT2D eigenvalue weighted by molar-refractivity contribution is 0.383. The topological polar surface area (TPSA) is 38.1 Å². The zero-order valence-corrected chi connectivity index (χ0v) is 12.1. The molecule has 1 saturated carbocycles. The lowest BCUT2D eigenvalue weighted by atomic mass is 10.0. The van der Waals surface area contributed by atoms with Crippen LogP contribution in [0.3, 0.4) is 0 Å². The molecule has 3 nitrogen and oxygen atoms in total. The van der Waals surface area contributed by atoms with Crippen molar-refractivity contribution in [2.45, 2.75) is 71.9 Å². The summed E-state index contributed by atoms with van der Waals surface area (Å²) in [6.45, 7) is 8.63. The van der Waals surface area contributed by atoms with E-state index in [0.717, 1.165) is 17.4 Å². The molecule has 1 heterocycles. The van der Waals surface area contributed by atoms with Gasteiger partial charge in [0, 0.05) is 17.6 Å². The summed E-state index contributed by atoms with van der Waals surface area (Å²) in [6.07, 6.45) is 6.70. The standard InChI is InChI=1S/C15H26N2O/c1-10-6-5-7-14(9-8-10)16-11(2)15-12(3)17-18-13(15)4/h10-11,14,16H,5-9H2,1-4H3. The average Bonchev–Trinajstić information content (AvgIpc) is 2.52. The number of aryl methyl sites for hydroxylation is 2. The molecule has 1 fully saturated rings. The predicted molar refractivity (Wildman–Crippen MR) is 73.6 cm³/mol. The first kappa shape index (κ1) is 13.6. The summed E-state index contributed by atoms with van der Waals surface area (Å²) in [6, 6.07) is 0.994. The molecule has 0 radical (unpaired) electrons.